The van der Waals surface area contributed by atoms with Crippen LogP contribution in [0.2, 0.25) is 0 Å². The van der Waals surface area contributed by atoms with Crippen LogP contribution in [0.3, 0.4) is 0 Å². The van der Waals surface area contributed by atoms with Gasteiger partial charge in [0.2, 0.25) is 0 Å². The molecular formula is C9H11N5. The minimum atomic E-state index is 0.464. The van der Waals surface area contributed by atoms with Gasteiger partial charge in [-0.05, 0) is 25.0 Å². The largest absolute Gasteiger partial charge is 0.325 e. The molecule has 2 N–H and O–H groups in total. The van der Waals surface area contributed by atoms with Crippen LogP contribution >= 0.6 is 0 Å². The first kappa shape index (κ1) is 7.87. The Labute approximate surface area is 80.9 Å². The monoisotopic (exact) mass is 189 g/mol. The quantitative estimate of drug-likeness (QED) is 0.751. The second kappa shape index (κ2) is 2.75. The number of hydrogen-bond donors (Lipinski definition) is 1. The summed E-state index contributed by atoms with van der Waals surface area (Å²) in [4.78, 5) is 4.43. The molecular weight excluding hydrogens is 178 g/mol. The van der Waals surface area contributed by atoms with E-state index in [4.69, 9.17) is 5.73 Å². The summed E-state index contributed by atoms with van der Waals surface area (Å²) in [7, 11) is 0. The lowest BCUT2D eigenvalue weighted by Gasteiger charge is -1.98. The van der Waals surface area contributed by atoms with Crippen molar-refractivity contribution >= 4 is 11.2 Å². The Morgan fingerprint density at radius 3 is 3.00 bits per heavy atom. The van der Waals surface area contributed by atoms with Crippen LogP contribution in [0, 0.1) is 0 Å². The van der Waals surface area contributed by atoms with E-state index in [1.54, 1.807) is 0 Å². The van der Waals surface area contributed by atoms with Gasteiger partial charge in [-0.1, -0.05) is 5.21 Å². The molecule has 0 unspecified atom stereocenters. The number of hydrogen-bond acceptors (Lipinski definition) is 4. The first-order chi connectivity index (χ1) is 6.88. The smallest absolute Gasteiger partial charge is 0.179 e. The van der Waals surface area contributed by atoms with Gasteiger partial charge in [0.25, 0.3) is 0 Å². The molecule has 0 bridgehead atoms. The molecule has 0 spiro atoms. The number of nitrogens with two attached hydrogens (primary N) is 1. The van der Waals surface area contributed by atoms with Crippen LogP contribution in [0.4, 0.5) is 0 Å². The molecule has 2 aromatic rings. The minimum Gasteiger partial charge on any atom is -0.325 e. The molecule has 5 heteroatoms. The zero-order valence-electron chi connectivity index (χ0n) is 7.72. The second-order valence-electron chi connectivity index (χ2n) is 3.61. The standard InChI is InChI=1S/C9H11N5/c10-5-6-1-4-8-9(11-6)14(13-12-8)7-2-3-7/h1,4,7H,2-3,5,10H2. The van der Waals surface area contributed by atoms with Gasteiger partial charge in [-0.15, -0.1) is 5.10 Å². The van der Waals surface area contributed by atoms with Gasteiger partial charge in [-0.2, -0.15) is 0 Å². The molecule has 1 aliphatic rings. The topological polar surface area (TPSA) is 69.6 Å². The summed E-state index contributed by atoms with van der Waals surface area (Å²) in [6, 6.07) is 4.34. The molecule has 5 nitrogen and oxygen atoms in total. The summed E-state index contributed by atoms with van der Waals surface area (Å²) in [6.07, 6.45) is 2.37. The highest BCUT2D eigenvalue weighted by atomic mass is 15.5. The van der Waals surface area contributed by atoms with Gasteiger partial charge in [0.1, 0.15) is 5.52 Å². The van der Waals surface area contributed by atoms with Crippen molar-refractivity contribution in [2.45, 2.75) is 25.4 Å². The summed E-state index contributed by atoms with van der Waals surface area (Å²) in [5.41, 5.74) is 8.16. The second-order valence-corrected chi connectivity index (χ2v) is 3.61. The van der Waals surface area contributed by atoms with Crippen molar-refractivity contribution in [3.05, 3.63) is 17.8 Å². The maximum Gasteiger partial charge on any atom is 0.179 e. The Morgan fingerprint density at radius 2 is 2.29 bits per heavy atom. The fourth-order valence-electron chi connectivity index (χ4n) is 1.54. The SMILES string of the molecule is NCc1ccc2nnn(C3CC3)c2n1. The Kier molecular flexibility index (Phi) is 1.55. The summed E-state index contributed by atoms with van der Waals surface area (Å²) >= 11 is 0. The van der Waals surface area contributed by atoms with Crippen LogP contribution in [0.15, 0.2) is 12.1 Å². The normalized spacial score (nSPS) is 16.4. The molecule has 3 rings (SSSR count). The van der Waals surface area contributed by atoms with Gasteiger partial charge in [-0.3, -0.25) is 0 Å². The van der Waals surface area contributed by atoms with Crippen molar-refractivity contribution in [2.75, 3.05) is 0 Å². The molecule has 72 valence electrons. The Morgan fingerprint density at radius 1 is 1.43 bits per heavy atom. The van der Waals surface area contributed by atoms with E-state index in [2.05, 4.69) is 15.3 Å². The number of nitrogens with zero attached hydrogens (tertiary/aromatic N) is 4. The number of aromatic nitrogens is 4. The van der Waals surface area contributed by atoms with Crippen molar-refractivity contribution in [1.29, 1.82) is 0 Å². The van der Waals surface area contributed by atoms with Gasteiger partial charge < -0.3 is 5.73 Å². The van der Waals surface area contributed by atoms with Crippen molar-refractivity contribution in [3.8, 4) is 0 Å². The molecule has 1 saturated carbocycles. The molecule has 0 radical (unpaired) electrons. The van der Waals surface area contributed by atoms with Crippen LogP contribution in [0.5, 0.6) is 0 Å². The number of rotatable bonds is 2. The van der Waals surface area contributed by atoms with E-state index in [1.807, 2.05) is 16.8 Å². The van der Waals surface area contributed by atoms with Gasteiger partial charge in [-0.25, -0.2) is 9.67 Å². The molecule has 2 heterocycles. The summed E-state index contributed by atoms with van der Waals surface area (Å²) in [5.74, 6) is 0. The van der Waals surface area contributed by atoms with Crippen LogP contribution < -0.4 is 5.73 Å². The molecule has 0 aromatic carbocycles. The molecule has 0 saturated heterocycles. The summed E-state index contributed by atoms with van der Waals surface area (Å²) in [6.45, 7) is 0.464. The molecule has 1 fully saturated rings. The van der Waals surface area contributed by atoms with Crippen molar-refractivity contribution in [1.82, 2.24) is 20.0 Å². The third-order valence-corrected chi connectivity index (χ3v) is 2.48. The van der Waals surface area contributed by atoms with Crippen LogP contribution in [-0.4, -0.2) is 20.0 Å². The average molecular weight is 189 g/mol. The van der Waals surface area contributed by atoms with Gasteiger partial charge >= 0.3 is 0 Å². The third-order valence-electron chi connectivity index (χ3n) is 2.48. The lowest BCUT2D eigenvalue weighted by atomic mass is 10.3. The predicted octanol–water partition coefficient (Wildman–Crippen LogP) is 0.620. The third kappa shape index (κ3) is 1.09. The van der Waals surface area contributed by atoms with Crippen LogP contribution in [0.25, 0.3) is 11.2 Å². The van der Waals surface area contributed by atoms with E-state index in [1.165, 1.54) is 12.8 Å². The first-order valence-corrected chi connectivity index (χ1v) is 4.79. The predicted molar refractivity (Wildman–Crippen MR) is 51.5 cm³/mol. The molecule has 0 amide bonds. The van der Waals surface area contributed by atoms with E-state index >= 15 is 0 Å². The summed E-state index contributed by atoms with van der Waals surface area (Å²) in [5, 5.41) is 8.16. The Hall–Kier alpha value is -1.49. The van der Waals surface area contributed by atoms with Gasteiger partial charge in [0.05, 0.1) is 11.7 Å². The summed E-state index contributed by atoms with van der Waals surface area (Å²) < 4.78 is 1.91. The highest BCUT2D eigenvalue weighted by Crippen LogP contribution is 2.35. The van der Waals surface area contributed by atoms with Crippen molar-refractivity contribution in [3.63, 3.8) is 0 Å². The average Bonchev–Trinajstić information content (AvgIpc) is 2.98. The fraction of sp³-hybridized carbons (Fsp3) is 0.444. The Bertz CT molecular complexity index is 471. The maximum absolute atomic E-state index is 5.54. The van der Waals surface area contributed by atoms with E-state index in [-0.39, 0.29) is 0 Å². The van der Waals surface area contributed by atoms with E-state index < -0.39 is 0 Å². The molecule has 14 heavy (non-hydrogen) atoms. The van der Waals surface area contributed by atoms with E-state index in [9.17, 15) is 0 Å². The van der Waals surface area contributed by atoms with Gasteiger partial charge in [0.15, 0.2) is 5.65 Å². The van der Waals surface area contributed by atoms with Gasteiger partial charge in [0, 0.05) is 6.54 Å². The molecule has 1 aliphatic carbocycles. The fourth-order valence-corrected chi connectivity index (χ4v) is 1.54. The van der Waals surface area contributed by atoms with Crippen LogP contribution in [0.1, 0.15) is 24.6 Å². The Balaban J connectivity index is 2.20. The molecule has 2 aromatic heterocycles. The van der Waals surface area contributed by atoms with E-state index in [0.29, 0.717) is 12.6 Å². The maximum atomic E-state index is 5.54. The highest BCUT2D eigenvalue weighted by molar-refractivity contribution is 5.69. The van der Waals surface area contributed by atoms with Crippen LogP contribution in [-0.2, 0) is 6.54 Å². The first-order valence-electron chi connectivity index (χ1n) is 4.79. The highest BCUT2D eigenvalue weighted by Gasteiger charge is 2.27. The van der Waals surface area contributed by atoms with Crippen molar-refractivity contribution < 1.29 is 0 Å². The molecule has 0 aliphatic heterocycles. The molecule has 0 atom stereocenters. The number of fused-ring (bicyclic) bond motifs is 1. The zero-order valence-corrected chi connectivity index (χ0v) is 7.72. The lowest BCUT2D eigenvalue weighted by molar-refractivity contribution is 0.624. The zero-order chi connectivity index (χ0) is 9.54. The minimum absolute atomic E-state index is 0.464. The van der Waals surface area contributed by atoms with Crippen molar-refractivity contribution in [2.24, 2.45) is 5.73 Å². The number of pyridine rings is 1. The van der Waals surface area contributed by atoms with E-state index in [0.717, 1.165) is 16.9 Å². The lowest BCUT2D eigenvalue weighted by Crippen LogP contribution is -2.02.